The Kier molecular flexibility index (Phi) is 5.86. The first kappa shape index (κ1) is 21.4. The molecule has 2 aliphatic carbocycles. The van der Waals surface area contributed by atoms with Gasteiger partial charge in [-0.05, 0) is 70.9 Å². The average Bonchev–Trinajstić information content (AvgIpc) is 3.49. The number of aryl methyl sites for hydroxylation is 2. The number of hydrogen-bond donors (Lipinski definition) is 2. The molecule has 0 aromatic carbocycles. The molecule has 3 heterocycles. The number of amides is 1. The van der Waals surface area contributed by atoms with Crippen LogP contribution in [0.15, 0.2) is 6.07 Å². The minimum Gasteiger partial charge on any atom is -0.379 e. The van der Waals surface area contributed by atoms with Crippen molar-refractivity contribution in [1.29, 1.82) is 0 Å². The minimum atomic E-state index is -0.227. The lowest BCUT2D eigenvalue weighted by atomic mass is 9.61. The molecule has 2 saturated carbocycles. The molecule has 1 amide bonds. The van der Waals surface area contributed by atoms with Gasteiger partial charge in [0.1, 0.15) is 0 Å². The fraction of sp³-hybridized carbons (Fsp3) is 0.833. The summed E-state index contributed by atoms with van der Waals surface area (Å²) in [6.07, 6.45) is 6.77. The molecule has 0 radical (unpaired) electrons. The van der Waals surface area contributed by atoms with Crippen molar-refractivity contribution in [1.82, 2.24) is 25.3 Å². The van der Waals surface area contributed by atoms with Crippen molar-refractivity contribution in [2.24, 2.45) is 16.7 Å². The highest BCUT2D eigenvalue weighted by Gasteiger charge is 2.52. The lowest BCUT2D eigenvalue weighted by Crippen LogP contribution is -2.60. The number of piperidine rings is 1. The van der Waals surface area contributed by atoms with E-state index in [1.165, 1.54) is 18.5 Å². The number of carbonyl (C=O) groups excluding carboxylic acids is 1. The van der Waals surface area contributed by atoms with Gasteiger partial charge in [-0.2, -0.15) is 5.10 Å². The van der Waals surface area contributed by atoms with Crippen LogP contribution in [0.1, 0.15) is 49.9 Å². The summed E-state index contributed by atoms with van der Waals surface area (Å²) in [5.74, 6) is 0.784. The van der Waals surface area contributed by atoms with E-state index in [4.69, 9.17) is 4.74 Å². The Morgan fingerprint density at radius 2 is 2.06 bits per heavy atom. The fourth-order valence-corrected chi connectivity index (χ4v) is 6.33. The third kappa shape index (κ3) is 4.29. The molecular formula is C24H39N5O2. The summed E-state index contributed by atoms with van der Waals surface area (Å²) in [6.45, 7) is 11.5. The smallest absolute Gasteiger partial charge is 0.227 e. The number of morpholine rings is 1. The molecule has 2 N–H and O–H groups in total. The Hall–Kier alpha value is -1.44. The molecular weight excluding hydrogens is 390 g/mol. The van der Waals surface area contributed by atoms with E-state index in [2.05, 4.69) is 38.3 Å². The van der Waals surface area contributed by atoms with Crippen LogP contribution in [0.4, 0.5) is 0 Å². The zero-order valence-electron chi connectivity index (χ0n) is 19.3. The molecule has 4 aliphatic rings. The quantitative estimate of drug-likeness (QED) is 0.723. The monoisotopic (exact) mass is 429 g/mol. The van der Waals surface area contributed by atoms with Crippen molar-refractivity contribution >= 4 is 5.91 Å². The molecule has 31 heavy (non-hydrogen) atoms. The number of nitrogens with one attached hydrogen (secondary N) is 2. The molecule has 3 atom stereocenters. The molecule has 5 rings (SSSR count). The van der Waals surface area contributed by atoms with E-state index in [0.29, 0.717) is 17.9 Å². The second-order valence-corrected chi connectivity index (χ2v) is 10.7. The largest absolute Gasteiger partial charge is 0.379 e. The number of ether oxygens (including phenoxy) is 1. The highest BCUT2D eigenvalue weighted by Crippen LogP contribution is 2.49. The van der Waals surface area contributed by atoms with Crippen LogP contribution < -0.4 is 10.6 Å². The Morgan fingerprint density at radius 3 is 2.77 bits per heavy atom. The predicted molar refractivity (Wildman–Crippen MR) is 120 cm³/mol. The first-order chi connectivity index (χ1) is 15.0. The molecule has 1 aromatic rings. The zero-order valence-corrected chi connectivity index (χ0v) is 19.3. The third-order valence-corrected chi connectivity index (χ3v) is 8.56. The van der Waals surface area contributed by atoms with E-state index >= 15 is 0 Å². The molecule has 4 fully saturated rings. The number of hydrogen-bond acceptors (Lipinski definition) is 5. The second kappa shape index (κ2) is 8.49. The highest BCUT2D eigenvalue weighted by atomic mass is 16.5. The summed E-state index contributed by atoms with van der Waals surface area (Å²) in [4.78, 5) is 16.2. The van der Waals surface area contributed by atoms with Gasteiger partial charge in [0.15, 0.2) is 0 Å². The maximum Gasteiger partial charge on any atom is 0.227 e. The second-order valence-electron chi connectivity index (χ2n) is 10.7. The van der Waals surface area contributed by atoms with Gasteiger partial charge in [0.2, 0.25) is 5.91 Å². The van der Waals surface area contributed by atoms with Crippen LogP contribution in [0.2, 0.25) is 0 Å². The van der Waals surface area contributed by atoms with Gasteiger partial charge in [-0.3, -0.25) is 14.4 Å². The molecule has 0 unspecified atom stereocenters. The molecule has 172 valence electrons. The van der Waals surface area contributed by atoms with E-state index in [1.807, 2.05) is 6.92 Å². The molecule has 2 aliphatic heterocycles. The van der Waals surface area contributed by atoms with Crippen molar-refractivity contribution in [2.75, 3.05) is 45.9 Å². The fourth-order valence-electron chi connectivity index (χ4n) is 6.33. The van der Waals surface area contributed by atoms with Crippen molar-refractivity contribution in [3.05, 3.63) is 17.5 Å². The van der Waals surface area contributed by atoms with E-state index in [-0.39, 0.29) is 10.8 Å². The predicted octanol–water partition coefficient (Wildman–Crippen LogP) is 1.88. The average molecular weight is 430 g/mol. The molecule has 0 spiro atoms. The minimum absolute atomic E-state index is 0.193. The highest BCUT2D eigenvalue weighted by molar-refractivity contribution is 5.83. The van der Waals surface area contributed by atoms with E-state index < -0.39 is 0 Å². The lowest BCUT2D eigenvalue weighted by molar-refractivity contribution is -0.140. The summed E-state index contributed by atoms with van der Waals surface area (Å²) >= 11 is 0. The summed E-state index contributed by atoms with van der Waals surface area (Å²) in [5.41, 5.74) is 2.25. The zero-order chi connectivity index (χ0) is 21.5. The van der Waals surface area contributed by atoms with Gasteiger partial charge in [0, 0.05) is 49.9 Å². The maximum absolute atomic E-state index is 13.6. The van der Waals surface area contributed by atoms with Crippen molar-refractivity contribution < 1.29 is 9.53 Å². The van der Waals surface area contributed by atoms with Crippen LogP contribution in [-0.2, 0) is 16.1 Å². The standard InChI is InChI=1S/C24H39N5O2/c1-18-13-19(2)29(27-18)17-23(6-7-23)15-26-22(30)24-5-3-21(28-9-11-31-12-10-28)14-20(24)4-8-25-16-24/h13,20-21,25H,3-12,14-17H2,1-2H3,(H,26,30)/t20-,21+,24-/m1/s1. The summed E-state index contributed by atoms with van der Waals surface area (Å²) in [5, 5.41) is 11.6. The summed E-state index contributed by atoms with van der Waals surface area (Å²) in [7, 11) is 0. The molecule has 7 nitrogen and oxygen atoms in total. The van der Waals surface area contributed by atoms with Crippen LogP contribution in [0, 0.1) is 30.6 Å². The van der Waals surface area contributed by atoms with Crippen LogP contribution in [-0.4, -0.2) is 72.6 Å². The normalized spacial score (nSPS) is 33.0. The van der Waals surface area contributed by atoms with E-state index in [1.54, 1.807) is 0 Å². The Morgan fingerprint density at radius 1 is 1.26 bits per heavy atom. The topological polar surface area (TPSA) is 71.4 Å². The van der Waals surface area contributed by atoms with E-state index in [9.17, 15) is 4.79 Å². The van der Waals surface area contributed by atoms with Gasteiger partial charge >= 0.3 is 0 Å². The number of rotatable bonds is 6. The number of fused-ring (bicyclic) bond motifs is 1. The van der Waals surface area contributed by atoms with E-state index in [0.717, 1.165) is 83.9 Å². The van der Waals surface area contributed by atoms with Crippen molar-refractivity contribution in [2.45, 2.75) is 65.0 Å². The lowest BCUT2D eigenvalue weighted by Gasteiger charge is -2.51. The SMILES string of the molecule is Cc1cc(C)n(CC2(CNC(=O)[C@@]34CC[C@H](N5CCOCC5)C[C@H]3CCNC4)CC2)n1. The van der Waals surface area contributed by atoms with Gasteiger partial charge in [0.05, 0.1) is 24.3 Å². The number of aromatic nitrogens is 2. The molecule has 0 bridgehead atoms. The maximum atomic E-state index is 13.6. The molecule has 7 heteroatoms. The third-order valence-electron chi connectivity index (χ3n) is 8.56. The first-order valence-electron chi connectivity index (χ1n) is 12.3. The number of carbonyl (C=O) groups is 1. The van der Waals surface area contributed by atoms with Gasteiger partial charge in [-0.1, -0.05) is 0 Å². The van der Waals surface area contributed by atoms with Crippen LogP contribution in [0.3, 0.4) is 0 Å². The van der Waals surface area contributed by atoms with Crippen LogP contribution in [0.25, 0.3) is 0 Å². The first-order valence-corrected chi connectivity index (χ1v) is 12.3. The summed E-state index contributed by atoms with van der Waals surface area (Å²) < 4.78 is 7.68. The number of nitrogens with zero attached hydrogens (tertiary/aromatic N) is 3. The van der Waals surface area contributed by atoms with Gasteiger partial charge in [-0.15, -0.1) is 0 Å². The van der Waals surface area contributed by atoms with Crippen molar-refractivity contribution in [3.63, 3.8) is 0 Å². The van der Waals surface area contributed by atoms with Gasteiger partial charge in [-0.25, -0.2) is 0 Å². The molecule has 2 saturated heterocycles. The van der Waals surface area contributed by atoms with Crippen LogP contribution in [0.5, 0.6) is 0 Å². The van der Waals surface area contributed by atoms with Gasteiger partial charge in [0.25, 0.3) is 0 Å². The van der Waals surface area contributed by atoms with Crippen LogP contribution >= 0.6 is 0 Å². The Balaban J connectivity index is 1.22. The van der Waals surface area contributed by atoms with Crippen molar-refractivity contribution in [3.8, 4) is 0 Å². The molecule has 1 aromatic heterocycles. The Bertz CT molecular complexity index is 798. The van der Waals surface area contributed by atoms with Gasteiger partial charge < -0.3 is 15.4 Å². The summed E-state index contributed by atoms with van der Waals surface area (Å²) in [6, 6.07) is 2.76. The Labute approximate surface area is 186 Å².